The number of nitrogens with one attached hydrogen (secondary N) is 1. The molecule has 0 atom stereocenters. The van der Waals surface area contributed by atoms with E-state index in [-0.39, 0.29) is 16.2 Å². The van der Waals surface area contributed by atoms with E-state index in [1.807, 2.05) is 24.3 Å². The molecule has 0 fully saturated rings. The van der Waals surface area contributed by atoms with Gasteiger partial charge >= 0.3 is 0 Å². The van der Waals surface area contributed by atoms with Crippen molar-refractivity contribution in [2.24, 2.45) is 4.99 Å². The maximum Gasteiger partial charge on any atom is 0.262 e. The number of hydrogen-bond donors (Lipinski definition) is 2. The van der Waals surface area contributed by atoms with Crippen molar-refractivity contribution in [2.45, 2.75) is 0 Å². The third kappa shape index (κ3) is 2.79. The summed E-state index contributed by atoms with van der Waals surface area (Å²) in [7, 11) is 0. The Balaban J connectivity index is 1.91. The van der Waals surface area contributed by atoms with E-state index in [0.29, 0.717) is 10.7 Å². The maximum atomic E-state index is 12.4. The molecule has 0 saturated heterocycles. The van der Waals surface area contributed by atoms with Gasteiger partial charge in [0, 0.05) is 22.4 Å². The lowest BCUT2D eigenvalue weighted by molar-refractivity contribution is 0.432. The first-order chi connectivity index (χ1) is 12.5. The minimum atomic E-state index is -0.469. The van der Waals surface area contributed by atoms with Crippen LogP contribution in [0.3, 0.4) is 0 Å². The Kier molecular flexibility index (Phi) is 4.06. The Bertz CT molecular complexity index is 1190. The largest absolute Gasteiger partial charge is 0.494 e. The highest BCUT2D eigenvalue weighted by molar-refractivity contribution is 7.71. The fraction of sp³-hybridized carbons (Fsp3) is 0. The van der Waals surface area contributed by atoms with Crippen LogP contribution in [0.2, 0.25) is 5.02 Å². The molecule has 2 heterocycles. The van der Waals surface area contributed by atoms with Crippen molar-refractivity contribution in [2.75, 3.05) is 0 Å². The smallest absolute Gasteiger partial charge is 0.262 e. The number of rotatable bonds is 2. The van der Waals surface area contributed by atoms with E-state index in [2.05, 4.69) is 9.98 Å². The summed E-state index contributed by atoms with van der Waals surface area (Å²) < 4.78 is 1.48. The summed E-state index contributed by atoms with van der Waals surface area (Å²) in [6.07, 6.45) is 3.27. The Morgan fingerprint density at radius 1 is 1.15 bits per heavy atom. The predicted octanol–water partition coefficient (Wildman–Crippen LogP) is 4.51. The first kappa shape index (κ1) is 16.5. The van der Waals surface area contributed by atoms with E-state index in [1.54, 1.807) is 36.6 Å². The average Bonchev–Trinajstić information content (AvgIpc) is 3.03. The molecule has 0 saturated carbocycles. The van der Waals surface area contributed by atoms with Crippen LogP contribution in [0.25, 0.3) is 17.3 Å². The molecular weight excluding hydrogens is 370 g/mol. The van der Waals surface area contributed by atoms with Gasteiger partial charge in [0.1, 0.15) is 5.56 Å². The van der Waals surface area contributed by atoms with Crippen LogP contribution in [-0.4, -0.2) is 20.9 Å². The Labute approximate surface area is 158 Å². The van der Waals surface area contributed by atoms with Crippen molar-refractivity contribution in [1.29, 1.82) is 0 Å². The van der Waals surface area contributed by atoms with Crippen molar-refractivity contribution in [3.8, 4) is 11.6 Å². The Hall–Kier alpha value is -2.96. The van der Waals surface area contributed by atoms with E-state index in [4.69, 9.17) is 23.8 Å². The zero-order valence-corrected chi connectivity index (χ0v) is 14.9. The minimum Gasteiger partial charge on any atom is -0.494 e. The van der Waals surface area contributed by atoms with Crippen molar-refractivity contribution in [1.82, 2.24) is 9.55 Å². The molecule has 128 valence electrons. The number of aromatic nitrogens is 2. The second-order valence-corrected chi connectivity index (χ2v) is 6.51. The van der Waals surface area contributed by atoms with Crippen LogP contribution >= 0.6 is 23.8 Å². The van der Waals surface area contributed by atoms with Crippen LogP contribution in [0.15, 0.2) is 58.3 Å². The van der Waals surface area contributed by atoms with Gasteiger partial charge in [-0.3, -0.25) is 19.3 Å². The van der Waals surface area contributed by atoms with Crippen LogP contribution in [0, 0.1) is 4.77 Å². The molecular formula is C19H12ClN3O2S. The summed E-state index contributed by atoms with van der Waals surface area (Å²) in [6.45, 7) is 0. The van der Waals surface area contributed by atoms with Crippen molar-refractivity contribution in [3.63, 3.8) is 0 Å². The topological polar surface area (TPSA) is 70.4 Å². The molecule has 3 aromatic rings. The van der Waals surface area contributed by atoms with Crippen LogP contribution < -0.4 is 5.56 Å². The van der Waals surface area contributed by atoms with Gasteiger partial charge in [0.2, 0.25) is 5.88 Å². The number of benzene rings is 2. The molecule has 1 aliphatic heterocycles. The molecule has 26 heavy (non-hydrogen) atoms. The van der Waals surface area contributed by atoms with Gasteiger partial charge in [-0.25, -0.2) is 0 Å². The molecule has 0 radical (unpaired) electrons. The number of allylic oxidation sites excluding steroid dienone is 1. The number of aliphatic imine (C=N–C) groups is 1. The lowest BCUT2D eigenvalue weighted by atomic mass is 10.1. The summed E-state index contributed by atoms with van der Waals surface area (Å²) in [6, 6.07) is 14.4. The standard InChI is InChI=1S/C19H12ClN3O2S/c20-12-5-7-13(8-6-12)23-18(25)15(17(24)22-19(23)26)9-11-10-21-16-4-2-1-3-14(11)16/h1-10,25H,(H,22,24,26). The van der Waals surface area contributed by atoms with Gasteiger partial charge in [-0.1, -0.05) is 29.8 Å². The zero-order valence-electron chi connectivity index (χ0n) is 13.3. The van der Waals surface area contributed by atoms with Gasteiger partial charge < -0.3 is 5.11 Å². The summed E-state index contributed by atoms with van der Waals surface area (Å²) >= 11 is 11.1. The number of hydrogen-bond acceptors (Lipinski definition) is 4. The molecule has 2 N–H and O–H groups in total. The molecule has 7 heteroatoms. The number of aromatic hydroxyl groups is 1. The van der Waals surface area contributed by atoms with Gasteiger partial charge in [0.05, 0.1) is 11.4 Å². The summed E-state index contributed by atoms with van der Waals surface area (Å²) in [5.74, 6) is -0.244. The third-order valence-electron chi connectivity index (χ3n) is 4.06. The van der Waals surface area contributed by atoms with E-state index >= 15 is 0 Å². The van der Waals surface area contributed by atoms with Crippen molar-refractivity contribution >= 4 is 47.4 Å². The van der Waals surface area contributed by atoms with E-state index in [0.717, 1.165) is 16.8 Å². The van der Waals surface area contributed by atoms with Gasteiger partial charge in [-0.05, 0) is 48.6 Å². The van der Waals surface area contributed by atoms with Crippen molar-refractivity contribution in [3.05, 3.63) is 79.8 Å². The van der Waals surface area contributed by atoms with E-state index in [9.17, 15) is 9.90 Å². The van der Waals surface area contributed by atoms with Gasteiger partial charge in [0.25, 0.3) is 5.56 Å². The molecule has 0 spiro atoms. The number of para-hydroxylation sites is 1. The zero-order chi connectivity index (χ0) is 18.3. The molecule has 0 bridgehead atoms. The second-order valence-electron chi connectivity index (χ2n) is 5.68. The van der Waals surface area contributed by atoms with Gasteiger partial charge in [-0.15, -0.1) is 0 Å². The summed E-state index contributed by atoms with van der Waals surface area (Å²) in [5.41, 5.74) is 2.68. The van der Waals surface area contributed by atoms with Crippen LogP contribution in [0.1, 0.15) is 11.1 Å². The first-order valence-corrected chi connectivity index (χ1v) is 8.52. The van der Waals surface area contributed by atoms with E-state index < -0.39 is 5.56 Å². The fourth-order valence-electron chi connectivity index (χ4n) is 2.81. The Morgan fingerprint density at radius 3 is 2.65 bits per heavy atom. The normalized spacial score (nSPS) is 14.0. The SMILES string of the molecule is O=c1[nH]c(=S)n(-c2ccc(Cl)cc2)c(O)c1C=C1C=Nc2ccccc21. The van der Waals surface area contributed by atoms with Gasteiger partial charge in [0.15, 0.2) is 4.77 Å². The lowest BCUT2D eigenvalue weighted by Crippen LogP contribution is -2.16. The van der Waals surface area contributed by atoms with Crippen LogP contribution in [-0.2, 0) is 0 Å². The number of aromatic amines is 1. The highest BCUT2D eigenvalue weighted by Crippen LogP contribution is 2.33. The minimum absolute atomic E-state index is 0.0949. The molecule has 1 aliphatic rings. The molecule has 0 amide bonds. The monoisotopic (exact) mass is 381 g/mol. The highest BCUT2D eigenvalue weighted by atomic mass is 35.5. The molecule has 0 aliphatic carbocycles. The van der Waals surface area contributed by atoms with Crippen LogP contribution in [0.5, 0.6) is 5.88 Å². The van der Waals surface area contributed by atoms with Gasteiger partial charge in [-0.2, -0.15) is 0 Å². The number of nitrogens with zero attached hydrogens (tertiary/aromatic N) is 2. The lowest BCUT2D eigenvalue weighted by Gasteiger charge is -2.11. The number of halogens is 1. The summed E-state index contributed by atoms with van der Waals surface area (Å²) in [4.78, 5) is 19.3. The Morgan fingerprint density at radius 2 is 1.88 bits per heavy atom. The summed E-state index contributed by atoms with van der Waals surface area (Å²) in [5, 5.41) is 11.3. The quantitative estimate of drug-likeness (QED) is 0.641. The van der Waals surface area contributed by atoms with E-state index in [1.165, 1.54) is 4.57 Å². The molecule has 2 aromatic carbocycles. The highest BCUT2D eigenvalue weighted by Gasteiger charge is 2.16. The fourth-order valence-corrected chi connectivity index (χ4v) is 3.22. The van der Waals surface area contributed by atoms with Crippen LogP contribution in [0.4, 0.5) is 5.69 Å². The van der Waals surface area contributed by atoms with Crippen molar-refractivity contribution < 1.29 is 5.11 Å². The number of H-pyrrole nitrogens is 1. The molecule has 1 aromatic heterocycles. The molecule has 5 nitrogen and oxygen atoms in total. The molecule has 4 rings (SSSR count). The number of fused-ring (bicyclic) bond motifs is 1. The maximum absolute atomic E-state index is 12.4. The first-order valence-electron chi connectivity index (χ1n) is 7.74. The second kappa shape index (κ2) is 6.40. The predicted molar refractivity (Wildman–Crippen MR) is 106 cm³/mol. The average molecular weight is 382 g/mol. The molecule has 0 unspecified atom stereocenters. The third-order valence-corrected chi connectivity index (χ3v) is 4.60.